The summed E-state index contributed by atoms with van der Waals surface area (Å²) in [6, 6.07) is 31.2. The van der Waals surface area contributed by atoms with E-state index in [9.17, 15) is 24.3 Å². The Morgan fingerprint density at radius 2 is 1.08 bits per heavy atom. The fourth-order valence-electron chi connectivity index (χ4n) is 4.90. The second-order valence-electron chi connectivity index (χ2n) is 11.4. The van der Waals surface area contributed by atoms with Gasteiger partial charge < -0.3 is 35.3 Å². The Morgan fingerprint density at radius 3 is 1.61 bits per heavy atom. The highest BCUT2D eigenvalue weighted by atomic mass is 16.5. The number of esters is 1. The highest BCUT2D eigenvalue weighted by Crippen LogP contribution is 2.16. The molecule has 4 aromatic carbocycles. The standard InChI is InChI=1S/C38H41N3O8/c1-26(42)34(37(45)47-2)41-36(44)32(23-28-18-20-31(21-19-28)48-24-29-14-8-4-9-15-29)39-35(43)33(22-27-12-6-3-7-13-27)40-38(46)49-25-30-16-10-5-11-17-30/h3-21,26,32-34,42H,22-25H2,1-2H3,(H,39,43)(H,40,46)(H,41,44)/t26-,32+,33+,34-/m1/s1. The SMILES string of the molecule is COC(=O)[C@H](NC(=O)[C@H](Cc1ccc(OCc2ccccc2)cc1)NC(=O)[C@H](Cc1ccccc1)NC(=O)OCc1ccccc1)[C@@H](C)O. The van der Waals surface area contributed by atoms with Gasteiger partial charge in [-0.3, -0.25) is 9.59 Å². The predicted molar refractivity (Wildman–Crippen MR) is 182 cm³/mol. The van der Waals surface area contributed by atoms with Crippen LogP contribution in [0.2, 0.25) is 0 Å². The average molecular weight is 668 g/mol. The van der Waals surface area contributed by atoms with Crippen LogP contribution in [0.25, 0.3) is 0 Å². The van der Waals surface area contributed by atoms with Crippen molar-refractivity contribution in [3.05, 3.63) is 138 Å². The van der Waals surface area contributed by atoms with Gasteiger partial charge in [0.1, 0.15) is 31.0 Å². The minimum absolute atomic E-state index is 0.00327. The van der Waals surface area contributed by atoms with Gasteiger partial charge >= 0.3 is 12.1 Å². The third kappa shape index (κ3) is 11.8. The molecule has 0 fully saturated rings. The van der Waals surface area contributed by atoms with Gasteiger partial charge in [-0.25, -0.2) is 9.59 Å². The molecule has 0 heterocycles. The number of alkyl carbamates (subject to hydrolysis) is 1. The van der Waals surface area contributed by atoms with Gasteiger partial charge in [0, 0.05) is 12.8 Å². The summed E-state index contributed by atoms with van der Waals surface area (Å²) in [5, 5.41) is 18.1. The third-order valence-electron chi connectivity index (χ3n) is 7.58. The molecule has 0 aliphatic heterocycles. The molecule has 4 N–H and O–H groups in total. The Morgan fingerprint density at radius 1 is 0.612 bits per heavy atom. The van der Waals surface area contributed by atoms with Crippen LogP contribution >= 0.6 is 0 Å². The lowest BCUT2D eigenvalue weighted by Gasteiger charge is -2.26. The summed E-state index contributed by atoms with van der Waals surface area (Å²) >= 11 is 0. The lowest BCUT2D eigenvalue weighted by Crippen LogP contribution is -2.58. The molecule has 0 bridgehead atoms. The smallest absolute Gasteiger partial charge is 0.408 e. The maximum absolute atomic E-state index is 13.8. The number of hydrogen-bond acceptors (Lipinski definition) is 8. The summed E-state index contributed by atoms with van der Waals surface area (Å²) in [6.45, 7) is 1.71. The molecule has 4 rings (SSSR count). The van der Waals surface area contributed by atoms with E-state index in [1.165, 1.54) is 6.92 Å². The number of aliphatic hydroxyl groups excluding tert-OH is 1. The molecule has 11 nitrogen and oxygen atoms in total. The first-order chi connectivity index (χ1) is 23.7. The number of carbonyl (C=O) groups is 4. The Kier molecular flexibility index (Phi) is 13.7. The quantitative estimate of drug-likeness (QED) is 0.132. The molecular weight excluding hydrogens is 626 g/mol. The van der Waals surface area contributed by atoms with Crippen LogP contribution < -0.4 is 20.7 Å². The van der Waals surface area contributed by atoms with Crippen LogP contribution in [0.5, 0.6) is 5.75 Å². The van der Waals surface area contributed by atoms with Crippen molar-refractivity contribution in [2.45, 2.75) is 57.2 Å². The summed E-state index contributed by atoms with van der Waals surface area (Å²) in [7, 11) is 1.14. The highest BCUT2D eigenvalue weighted by Gasteiger charge is 2.32. The van der Waals surface area contributed by atoms with Crippen molar-refractivity contribution in [2.24, 2.45) is 0 Å². The molecule has 4 atom stereocenters. The monoisotopic (exact) mass is 667 g/mol. The number of ether oxygens (including phenoxy) is 3. The van der Waals surface area contributed by atoms with Crippen LogP contribution in [0.4, 0.5) is 4.79 Å². The Hall–Kier alpha value is -5.68. The van der Waals surface area contributed by atoms with E-state index in [0.717, 1.165) is 23.8 Å². The minimum Gasteiger partial charge on any atom is -0.489 e. The first-order valence-corrected chi connectivity index (χ1v) is 15.8. The van der Waals surface area contributed by atoms with E-state index in [2.05, 4.69) is 16.0 Å². The van der Waals surface area contributed by atoms with Crippen molar-refractivity contribution in [3.63, 3.8) is 0 Å². The number of amides is 3. The van der Waals surface area contributed by atoms with Gasteiger partial charge in [-0.15, -0.1) is 0 Å². The lowest BCUT2D eigenvalue weighted by molar-refractivity contribution is -0.148. The third-order valence-corrected chi connectivity index (χ3v) is 7.58. The van der Waals surface area contributed by atoms with Gasteiger partial charge in [0.15, 0.2) is 6.04 Å². The van der Waals surface area contributed by atoms with Crippen LogP contribution in [0.1, 0.15) is 29.2 Å². The molecule has 0 aliphatic rings. The Labute approximate surface area is 285 Å². The van der Waals surface area contributed by atoms with E-state index >= 15 is 0 Å². The van der Waals surface area contributed by atoms with Crippen molar-refractivity contribution < 1.29 is 38.5 Å². The van der Waals surface area contributed by atoms with Crippen LogP contribution in [-0.4, -0.2) is 60.3 Å². The lowest BCUT2D eigenvalue weighted by atomic mass is 10.0. The van der Waals surface area contributed by atoms with Crippen LogP contribution in [0, 0.1) is 0 Å². The zero-order chi connectivity index (χ0) is 35.0. The maximum atomic E-state index is 13.8. The molecule has 0 saturated heterocycles. The van der Waals surface area contributed by atoms with E-state index in [1.54, 1.807) is 36.4 Å². The minimum atomic E-state index is -1.38. The van der Waals surface area contributed by atoms with Gasteiger partial charge in [-0.2, -0.15) is 0 Å². The van der Waals surface area contributed by atoms with Gasteiger partial charge in [0.05, 0.1) is 13.2 Å². The molecule has 256 valence electrons. The number of benzene rings is 4. The highest BCUT2D eigenvalue weighted by molar-refractivity contribution is 5.93. The molecule has 0 unspecified atom stereocenters. The maximum Gasteiger partial charge on any atom is 0.408 e. The molecule has 0 spiro atoms. The second kappa shape index (κ2) is 18.6. The summed E-state index contributed by atoms with van der Waals surface area (Å²) in [5.41, 5.74) is 3.21. The van der Waals surface area contributed by atoms with Gasteiger partial charge in [-0.05, 0) is 41.3 Å². The average Bonchev–Trinajstić information content (AvgIpc) is 3.12. The zero-order valence-electron chi connectivity index (χ0n) is 27.4. The summed E-state index contributed by atoms with van der Waals surface area (Å²) in [5.74, 6) is -1.63. The van der Waals surface area contributed by atoms with E-state index in [0.29, 0.717) is 17.9 Å². The van der Waals surface area contributed by atoms with Crippen molar-refractivity contribution in [1.82, 2.24) is 16.0 Å². The predicted octanol–water partition coefficient (Wildman–Crippen LogP) is 3.87. The largest absolute Gasteiger partial charge is 0.489 e. The topological polar surface area (TPSA) is 152 Å². The van der Waals surface area contributed by atoms with Crippen molar-refractivity contribution >= 4 is 23.9 Å². The first kappa shape index (κ1) is 36.2. The van der Waals surface area contributed by atoms with Crippen LogP contribution in [0.15, 0.2) is 115 Å². The number of hydrogen-bond donors (Lipinski definition) is 4. The van der Waals surface area contributed by atoms with Crippen molar-refractivity contribution in [3.8, 4) is 5.75 Å². The fourth-order valence-corrected chi connectivity index (χ4v) is 4.90. The molecule has 3 amide bonds. The van der Waals surface area contributed by atoms with E-state index in [-0.39, 0.29) is 19.4 Å². The van der Waals surface area contributed by atoms with Gasteiger partial charge in [0.2, 0.25) is 11.8 Å². The molecule has 0 radical (unpaired) electrons. The summed E-state index contributed by atoms with van der Waals surface area (Å²) < 4.78 is 16.0. The van der Waals surface area contributed by atoms with Crippen molar-refractivity contribution in [1.29, 1.82) is 0 Å². The summed E-state index contributed by atoms with van der Waals surface area (Å²) in [6.07, 6.45) is -1.97. The van der Waals surface area contributed by atoms with Gasteiger partial charge in [-0.1, -0.05) is 103 Å². The van der Waals surface area contributed by atoms with E-state index < -0.39 is 48.1 Å². The molecular formula is C38H41N3O8. The molecule has 0 aliphatic carbocycles. The number of rotatable bonds is 16. The van der Waals surface area contributed by atoms with E-state index in [4.69, 9.17) is 14.2 Å². The van der Waals surface area contributed by atoms with Crippen molar-refractivity contribution in [2.75, 3.05) is 7.11 Å². The Bertz CT molecular complexity index is 1630. The van der Waals surface area contributed by atoms with E-state index in [1.807, 2.05) is 78.9 Å². The summed E-state index contributed by atoms with van der Waals surface area (Å²) in [4.78, 5) is 52.6. The first-order valence-electron chi connectivity index (χ1n) is 15.8. The number of nitrogens with one attached hydrogen (secondary N) is 3. The normalized spacial score (nSPS) is 13.1. The van der Waals surface area contributed by atoms with Crippen LogP contribution in [-0.2, 0) is 49.9 Å². The fraction of sp³-hybridized carbons (Fsp3) is 0.263. The second-order valence-corrected chi connectivity index (χ2v) is 11.4. The number of aliphatic hydroxyl groups is 1. The Balaban J connectivity index is 1.51. The molecule has 49 heavy (non-hydrogen) atoms. The number of methoxy groups -OCH3 is 1. The number of carbonyl (C=O) groups excluding carboxylic acids is 4. The molecule has 4 aromatic rings. The zero-order valence-corrected chi connectivity index (χ0v) is 27.4. The molecule has 0 aromatic heterocycles. The molecule has 11 heteroatoms. The van der Waals surface area contributed by atoms with Crippen LogP contribution in [0.3, 0.4) is 0 Å². The molecule has 0 saturated carbocycles. The van der Waals surface area contributed by atoms with Gasteiger partial charge in [0.25, 0.3) is 0 Å².